The number of halogens is 1. The van der Waals surface area contributed by atoms with Crippen molar-refractivity contribution in [2.24, 2.45) is 10.9 Å². The van der Waals surface area contributed by atoms with E-state index in [0.29, 0.717) is 18.3 Å². The van der Waals surface area contributed by atoms with Gasteiger partial charge in [0, 0.05) is 51.4 Å². The van der Waals surface area contributed by atoms with Gasteiger partial charge in [0.1, 0.15) is 0 Å². The molecule has 1 aromatic carbocycles. The molecule has 1 aromatic heterocycles. The van der Waals surface area contributed by atoms with Crippen LogP contribution in [0.4, 0.5) is 10.2 Å². The van der Waals surface area contributed by atoms with E-state index in [9.17, 15) is 4.39 Å². The van der Waals surface area contributed by atoms with Gasteiger partial charge in [0.2, 0.25) is 0 Å². The molecule has 2 aromatic rings. The summed E-state index contributed by atoms with van der Waals surface area (Å²) in [5.41, 5.74) is 1.23. The maximum absolute atomic E-state index is 14.0. The zero-order valence-electron chi connectivity index (χ0n) is 16.7. The zero-order valence-corrected chi connectivity index (χ0v) is 16.7. The molecule has 0 bridgehead atoms. The lowest BCUT2D eigenvalue weighted by molar-refractivity contribution is 0.0915. The standard InChI is InChI=1S/C22H28FN5O/c1-24-22(26-14-17-10-13-29-20(17)16-6-3-2-4-7-16)27-18-9-12-28(15-18)21-19(23)8-5-11-25-21/h2-8,11,17-18,20H,9-10,12-15H2,1H3,(H2,24,26,27). The van der Waals surface area contributed by atoms with E-state index in [4.69, 9.17) is 4.74 Å². The highest BCUT2D eigenvalue weighted by molar-refractivity contribution is 5.80. The lowest BCUT2D eigenvalue weighted by atomic mass is 9.95. The van der Waals surface area contributed by atoms with Crippen LogP contribution in [0.3, 0.4) is 0 Å². The summed E-state index contributed by atoms with van der Waals surface area (Å²) in [4.78, 5) is 10.5. The molecule has 0 aliphatic carbocycles. The first-order valence-corrected chi connectivity index (χ1v) is 10.2. The molecule has 2 aliphatic heterocycles. The second-order valence-electron chi connectivity index (χ2n) is 7.59. The van der Waals surface area contributed by atoms with E-state index in [2.05, 4.69) is 44.9 Å². The molecule has 2 aliphatic rings. The fraction of sp³-hybridized carbons (Fsp3) is 0.455. The summed E-state index contributed by atoms with van der Waals surface area (Å²) in [5.74, 6) is 1.33. The molecule has 0 radical (unpaired) electrons. The molecule has 3 heterocycles. The minimum atomic E-state index is -0.274. The highest BCUT2D eigenvalue weighted by atomic mass is 19.1. The minimum absolute atomic E-state index is 0.121. The molecule has 3 unspecified atom stereocenters. The molecule has 6 nitrogen and oxygen atoms in total. The number of hydrogen-bond acceptors (Lipinski definition) is 4. The summed E-state index contributed by atoms with van der Waals surface area (Å²) >= 11 is 0. The lowest BCUT2D eigenvalue weighted by Gasteiger charge is -2.23. The maximum atomic E-state index is 14.0. The van der Waals surface area contributed by atoms with Gasteiger partial charge in [-0.15, -0.1) is 0 Å². The molecule has 3 atom stereocenters. The molecule has 0 saturated carbocycles. The molecule has 154 valence electrons. The third-order valence-corrected chi connectivity index (χ3v) is 5.67. The van der Waals surface area contributed by atoms with E-state index in [1.807, 2.05) is 11.0 Å². The smallest absolute Gasteiger partial charge is 0.191 e. The molecule has 0 amide bonds. The van der Waals surface area contributed by atoms with E-state index in [0.717, 1.165) is 38.5 Å². The maximum Gasteiger partial charge on any atom is 0.191 e. The Kier molecular flexibility index (Phi) is 6.24. The number of hydrogen-bond donors (Lipinski definition) is 2. The van der Waals surface area contributed by atoms with E-state index >= 15 is 0 Å². The third kappa shape index (κ3) is 4.67. The second-order valence-corrected chi connectivity index (χ2v) is 7.59. The van der Waals surface area contributed by atoms with Crippen LogP contribution in [0, 0.1) is 11.7 Å². The molecule has 0 spiro atoms. The van der Waals surface area contributed by atoms with Gasteiger partial charge in [0.25, 0.3) is 0 Å². The first-order valence-electron chi connectivity index (χ1n) is 10.2. The molecule has 2 N–H and O–H groups in total. The molecule has 2 saturated heterocycles. The number of guanidine groups is 1. The Morgan fingerprint density at radius 3 is 2.90 bits per heavy atom. The lowest BCUT2D eigenvalue weighted by Crippen LogP contribution is -2.46. The summed E-state index contributed by atoms with van der Waals surface area (Å²) < 4.78 is 20.0. The van der Waals surface area contributed by atoms with Crippen molar-refractivity contribution >= 4 is 11.8 Å². The molecule has 7 heteroatoms. The number of ether oxygens (including phenoxy) is 1. The van der Waals surface area contributed by atoms with Gasteiger partial charge in [-0.25, -0.2) is 9.37 Å². The number of aromatic nitrogens is 1. The summed E-state index contributed by atoms with van der Waals surface area (Å²) in [6.45, 7) is 3.05. The zero-order chi connectivity index (χ0) is 20.1. The average Bonchev–Trinajstić information content (AvgIpc) is 3.41. The fourth-order valence-corrected chi connectivity index (χ4v) is 4.15. The van der Waals surface area contributed by atoms with Crippen LogP contribution in [-0.2, 0) is 4.74 Å². The summed E-state index contributed by atoms with van der Waals surface area (Å²) in [6, 6.07) is 13.7. The van der Waals surface area contributed by atoms with Crippen LogP contribution in [0.2, 0.25) is 0 Å². The number of nitrogens with one attached hydrogen (secondary N) is 2. The first kappa shape index (κ1) is 19.6. The van der Waals surface area contributed by atoms with Crippen molar-refractivity contribution in [3.05, 3.63) is 60.0 Å². The van der Waals surface area contributed by atoms with Gasteiger partial charge in [0.15, 0.2) is 17.6 Å². The van der Waals surface area contributed by atoms with Crippen molar-refractivity contribution in [3.63, 3.8) is 0 Å². The number of nitrogens with zero attached hydrogens (tertiary/aromatic N) is 3. The Morgan fingerprint density at radius 2 is 2.10 bits per heavy atom. The van der Waals surface area contributed by atoms with Crippen molar-refractivity contribution in [2.45, 2.75) is 25.0 Å². The van der Waals surface area contributed by atoms with Gasteiger partial charge in [-0.1, -0.05) is 30.3 Å². The normalized spacial score (nSPS) is 24.7. The van der Waals surface area contributed by atoms with Crippen molar-refractivity contribution in [1.29, 1.82) is 0 Å². The van der Waals surface area contributed by atoms with Gasteiger partial charge in [-0.05, 0) is 30.5 Å². The molecule has 2 fully saturated rings. The Hall–Kier alpha value is -2.67. The van der Waals surface area contributed by atoms with Crippen LogP contribution >= 0.6 is 0 Å². The number of aliphatic imine (C=N–C) groups is 1. The summed E-state index contributed by atoms with van der Waals surface area (Å²) in [6.07, 6.45) is 3.69. The van der Waals surface area contributed by atoms with Crippen LogP contribution in [0.1, 0.15) is 24.5 Å². The highest BCUT2D eigenvalue weighted by Crippen LogP contribution is 2.33. The number of benzene rings is 1. The fourth-order valence-electron chi connectivity index (χ4n) is 4.15. The second kappa shape index (κ2) is 9.22. The van der Waals surface area contributed by atoms with Crippen LogP contribution in [-0.4, -0.2) is 50.3 Å². The van der Waals surface area contributed by atoms with Crippen LogP contribution < -0.4 is 15.5 Å². The van der Waals surface area contributed by atoms with E-state index in [1.165, 1.54) is 11.6 Å². The molecular weight excluding hydrogens is 369 g/mol. The van der Waals surface area contributed by atoms with Crippen molar-refractivity contribution in [2.75, 3.05) is 38.2 Å². The van der Waals surface area contributed by atoms with Crippen molar-refractivity contribution in [1.82, 2.24) is 15.6 Å². The van der Waals surface area contributed by atoms with Crippen LogP contribution in [0.25, 0.3) is 0 Å². The number of anilines is 1. The van der Waals surface area contributed by atoms with Gasteiger partial charge < -0.3 is 20.3 Å². The predicted molar refractivity (Wildman–Crippen MR) is 113 cm³/mol. The summed E-state index contributed by atoms with van der Waals surface area (Å²) in [5, 5.41) is 6.92. The minimum Gasteiger partial charge on any atom is -0.373 e. The Morgan fingerprint density at radius 1 is 1.24 bits per heavy atom. The number of rotatable bonds is 5. The van der Waals surface area contributed by atoms with Crippen molar-refractivity contribution < 1.29 is 9.13 Å². The van der Waals surface area contributed by atoms with E-state index in [-0.39, 0.29) is 18.0 Å². The Bertz CT molecular complexity index is 831. The average molecular weight is 397 g/mol. The van der Waals surface area contributed by atoms with Gasteiger partial charge >= 0.3 is 0 Å². The third-order valence-electron chi connectivity index (χ3n) is 5.67. The van der Waals surface area contributed by atoms with Gasteiger partial charge in [0.05, 0.1) is 6.10 Å². The van der Waals surface area contributed by atoms with Gasteiger partial charge in [-0.3, -0.25) is 4.99 Å². The molecule has 4 rings (SSSR count). The van der Waals surface area contributed by atoms with Gasteiger partial charge in [-0.2, -0.15) is 0 Å². The Labute approximate surface area is 171 Å². The van der Waals surface area contributed by atoms with Crippen LogP contribution in [0.5, 0.6) is 0 Å². The van der Waals surface area contributed by atoms with E-state index < -0.39 is 0 Å². The molecular formula is C22H28FN5O. The topological polar surface area (TPSA) is 61.8 Å². The quantitative estimate of drug-likeness (QED) is 0.600. The molecule has 29 heavy (non-hydrogen) atoms. The van der Waals surface area contributed by atoms with Crippen molar-refractivity contribution in [3.8, 4) is 0 Å². The summed E-state index contributed by atoms with van der Waals surface area (Å²) in [7, 11) is 1.78. The number of pyridine rings is 1. The monoisotopic (exact) mass is 397 g/mol. The largest absolute Gasteiger partial charge is 0.373 e. The predicted octanol–water partition coefficient (Wildman–Crippen LogP) is 2.74. The highest BCUT2D eigenvalue weighted by Gasteiger charge is 2.30. The Balaban J connectivity index is 1.30. The first-order chi connectivity index (χ1) is 14.2. The van der Waals surface area contributed by atoms with E-state index in [1.54, 1.807) is 19.3 Å². The van der Waals surface area contributed by atoms with Crippen LogP contribution in [0.15, 0.2) is 53.7 Å². The SMILES string of the molecule is CN=C(NCC1CCOC1c1ccccc1)NC1CCN(c2ncccc2F)C1.